The van der Waals surface area contributed by atoms with Gasteiger partial charge in [0.2, 0.25) is 0 Å². The number of halogens is 6. The number of pyridine rings is 1. The van der Waals surface area contributed by atoms with Crippen molar-refractivity contribution in [1.82, 2.24) is 24.7 Å². The zero-order valence-electron chi connectivity index (χ0n) is 17.4. The first kappa shape index (κ1) is 23.8. The molecule has 0 saturated carbocycles. The van der Waals surface area contributed by atoms with Gasteiger partial charge in [-0.05, 0) is 24.3 Å². The van der Waals surface area contributed by atoms with Crippen LogP contribution in [0, 0.1) is 0 Å². The number of carbonyl (C=O) groups excluding carboxylic acids is 1. The molecule has 0 atom stereocenters. The van der Waals surface area contributed by atoms with Crippen LogP contribution in [0.1, 0.15) is 5.69 Å². The third kappa shape index (κ3) is 5.59. The van der Waals surface area contributed by atoms with E-state index < -0.39 is 30.6 Å². The second kappa shape index (κ2) is 8.77. The summed E-state index contributed by atoms with van der Waals surface area (Å²) in [5.74, 6) is -0.560. The van der Waals surface area contributed by atoms with Crippen molar-refractivity contribution in [2.24, 2.45) is 0 Å². The van der Waals surface area contributed by atoms with Crippen LogP contribution in [0.4, 0.5) is 42.6 Å². The first-order valence-corrected chi connectivity index (χ1v) is 9.80. The van der Waals surface area contributed by atoms with Crippen molar-refractivity contribution in [1.29, 1.82) is 0 Å². The molecule has 0 saturated heterocycles. The van der Waals surface area contributed by atoms with Crippen molar-refractivity contribution >= 4 is 23.2 Å². The third-order valence-electron chi connectivity index (χ3n) is 4.67. The number of nitrogens with two attached hydrogens (primary N) is 1. The minimum absolute atomic E-state index is 0.222. The molecule has 0 aliphatic carbocycles. The summed E-state index contributed by atoms with van der Waals surface area (Å²) in [6.45, 7) is -1.48. The van der Waals surface area contributed by atoms with E-state index in [9.17, 15) is 31.1 Å². The maximum Gasteiger partial charge on any atom is 0.433 e. The van der Waals surface area contributed by atoms with Gasteiger partial charge in [0, 0.05) is 29.1 Å². The molecular formula is C21H15F6N7O. The largest absolute Gasteiger partial charge is 0.433 e. The van der Waals surface area contributed by atoms with Gasteiger partial charge >= 0.3 is 18.4 Å². The van der Waals surface area contributed by atoms with Gasteiger partial charge in [0.15, 0.2) is 11.5 Å². The molecule has 0 spiro atoms. The van der Waals surface area contributed by atoms with E-state index in [-0.39, 0.29) is 22.9 Å². The quantitative estimate of drug-likeness (QED) is 0.354. The van der Waals surface area contributed by atoms with Crippen LogP contribution in [0.15, 0.2) is 54.9 Å². The zero-order chi connectivity index (χ0) is 25.4. The Bertz CT molecular complexity index is 1400. The summed E-state index contributed by atoms with van der Waals surface area (Å²) >= 11 is 0. The molecule has 0 radical (unpaired) electrons. The first-order valence-electron chi connectivity index (χ1n) is 9.80. The summed E-state index contributed by atoms with van der Waals surface area (Å²) in [4.78, 5) is 23.4. The van der Waals surface area contributed by atoms with Crippen LogP contribution in [0.2, 0.25) is 0 Å². The van der Waals surface area contributed by atoms with Gasteiger partial charge in [-0.3, -0.25) is 4.40 Å². The number of nitrogen functional groups attached to an aromatic ring is 1. The molecular weight excluding hydrogens is 480 g/mol. The molecule has 1 aromatic carbocycles. The lowest BCUT2D eigenvalue weighted by atomic mass is 10.1. The number of urea groups is 1. The molecule has 4 N–H and O–H groups in total. The van der Waals surface area contributed by atoms with Crippen molar-refractivity contribution in [3.63, 3.8) is 0 Å². The van der Waals surface area contributed by atoms with E-state index in [2.05, 4.69) is 20.3 Å². The molecule has 4 rings (SSSR count). The van der Waals surface area contributed by atoms with E-state index >= 15 is 0 Å². The lowest BCUT2D eigenvalue weighted by Gasteiger charge is -2.11. The number of aromatic nitrogens is 4. The standard InChI is InChI=1S/C21H15F6N7O/c22-20(23,24)10-30-19(35)31-13-3-1-2-11(6-13)14-9-29-17-7-12(4-5-34(14)17)18-32-15(21(25,26)27)8-16(28)33-18/h1-9H,10H2,(H2,28,32,33)(H2,30,31,35). The van der Waals surface area contributed by atoms with Gasteiger partial charge in [-0.25, -0.2) is 19.7 Å². The number of hydrogen-bond acceptors (Lipinski definition) is 5. The second-order valence-corrected chi connectivity index (χ2v) is 7.29. The van der Waals surface area contributed by atoms with Gasteiger partial charge in [-0.2, -0.15) is 26.3 Å². The van der Waals surface area contributed by atoms with Gasteiger partial charge in [0.05, 0.1) is 11.9 Å². The molecule has 0 unspecified atom stereocenters. The molecule has 3 heterocycles. The van der Waals surface area contributed by atoms with E-state index in [1.807, 2.05) is 0 Å². The van der Waals surface area contributed by atoms with Gasteiger partial charge in [0.1, 0.15) is 18.0 Å². The summed E-state index contributed by atoms with van der Waals surface area (Å²) in [5.41, 5.74) is 6.31. The molecule has 3 aromatic heterocycles. The van der Waals surface area contributed by atoms with Gasteiger partial charge < -0.3 is 16.4 Å². The highest BCUT2D eigenvalue weighted by molar-refractivity contribution is 5.90. The fourth-order valence-corrected chi connectivity index (χ4v) is 3.19. The van der Waals surface area contributed by atoms with E-state index in [0.717, 1.165) is 0 Å². The zero-order valence-corrected chi connectivity index (χ0v) is 17.4. The number of benzene rings is 1. The molecule has 0 bridgehead atoms. The highest BCUT2D eigenvalue weighted by Crippen LogP contribution is 2.31. The SMILES string of the molecule is Nc1cc(C(F)(F)F)nc(-c2ccn3c(-c4cccc(NC(=O)NCC(F)(F)F)c4)cnc3c2)n1. The third-order valence-corrected chi connectivity index (χ3v) is 4.67. The van der Waals surface area contributed by atoms with E-state index in [4.69, 9.17) is 5.73 Å². The summed E-state index contributed by atoms with van der Waals surface area (Å²) in [5, 5.41) is 4.03. The Balaban J connectivity index is 1.61. The Morgan fingerprint density at radius 3 is 2.49 bits per heavy atom. The lowest BCUT2D eigenvalue weighted by Crippen LogP contribution is -2.36. The molecule has 182 valence electrons. The number of imidazole rings is 1. The van der Waals surface area contributed by atoms with Crippen LogP contribution in [-0.4, -0.2) is 38.1 Å². The van der Waals surface area contributed by atoms with Crippen molar-refractivity contribution < 1.29 is 31.1 Å². The second-order valence-electron chi connectivity index (χ2n) is 7.29. The number of carbonyl (C=O) groups is 1. The van der Waals surface area contributed by atoms with Gasteiger partial charge in [0.25, 0.3) is 0 Å². The van der Waals surface area contributed by atoms with Crippen molar-refractivity contribution in [2.45, 2.75) is 12.4 Å². The number of nitrogens with one attached hydrogen (secondary N) is 2. The number of fused-ring (bicyclic) bond motifs is 1. The highest BCUT2D eigenvalue weighted by atomic mass is 19.4. The average Bonchev–Trinajstić information content (AvgIpc) is 3.20. The molecule has 0 aliphatic heterocycles. The predicted molar refractivity (Wildman–Crippen MR) is 114 cm³/mol. The Morgan fingerprint density at radius 2 is 1.77 bits per heavy atom. The maximum absolute atomic E-state index is 13.1. The van der Waals surface area contributed by atoms with Gasteiger partial charge in [-0.15, -0.1) is 0 Å². The number of nitrogens with zero attached hydrogens (tertiary/aromatic N) is 4. The Kier molecular flexibility index (Phi) is 5.96. The fraction of sp³-hybridized carbons (Fsp3) is 0.143. The number of hydrogen-bond donors (Lipinski definition) is 3. The summed E-state index contributed by atoms with van der Waals surface area (Å²) in [7, 11) is 0. The summed E-state index contributed by atoms with van der Waals surface area (Å²) in [6, 6.07) is 8.87. The van der Waals surface area contributed by atoms with Crippen molar-refractivity contribution in [3.8, 4) is 22.6 Å². The van der Waals surface area contributed by atoms with Crippen molar-refractivity contribution in [2.75, 3.05) is 17.6 Å². The summed E-state index contributed by atoms with van der Waals surface area (Å²) in [6.07, 6.45) is -6.20. The predicted octanol–water partition coefficient (Wildman–Crippen LogP) is 4.74. The molecule has 14 heteroatoms. The molecule has 4 aromatic rings. The van der Waals surface area contributed by atoms with E-state index in [0.29, 0.717) is 23.0 Å². The van der Waals surface area contributed by atoms with E-state index in [1.54, 1.807) is 28.0 Å². The maximum atomic E-state index is 13.1. The highest BCUT2D eigenvalue weighted by Gasteiger charge is 2.33. The lowest BCUT2D eigenvalue weighted by molar-refractivity contribution is -0.141. The monoisotopic (exact) mass is 495 g/mol. The Morgan fingerprint density at radius 1 is 1.00 bits per heavy atom. The normalized spacial score (nSPS) is 12.1. The molecule has 2 amide bonds. The molecule has 8 nitrogen and oxygen atoms in total. The van der Waals surface area contributed by atoms with Crippen LogP contribution in [0.3, 0.4) is 0 Å². The minimum Gasteiger partial charge on any atom is -0.384 e. The number of amides is 2. The molecule has 35 heavy (non-hydrogen) atoms. The summed E-state index contributed by atoms with van der Waals surface area (Å²) < 4.78 is 77.6. The first-order chi connectivity index (χ1) is 16.4. The molecule has 0 fully saturated rings. The average molecular weight is 495 g/mol. The van der Waals surface area contributed by atoms with Crippen LogP contribution >= 0.6 is 0 Å². The van der Waals surface area contributed by atoms with Crippen molar-refractivity contribution in [3.05, 3.63) is 60.6 Å². The number of anilines is 2. The van der Waals surface area contributed by atoms with Crippen LogP contribution in [0.5, 0.6) is 0 Å². The van der Waals surface area contributed by atoms with Crippen LogP contribution in [0.25, 0.3) is 28.3 Å². The smallest absolute Gasteiger partial charge is 0.384 e. The van der Waals surface area contributed by atoms with Crippen LogP contribution in [-0.2, 0) is 6.18 Å². The minimum atomic E-state index is -4.70. The Hall–Kier alpha value is -4.36. The molecule has 0 aliphatic rings. The number of rotatable bonds is 4. The number of alkyl halides is 6. The van der Waals surface area contributed by atoms with Gasteiger partial charge in [-0.1, -0.05) is 12.1 Å². The topological polar surface area (TPSA) is 110 Å². The fourth-order valence-electron chi connectivity index (χ4n) is 3.19. The van der Waals surface area contributed by atoms with Crippen LogP contribution < -0.4 is 16.4 Å². The Labute approximate surface area is 192 Å². The van der Waals surface area contributed by atoms with E-state index in [1.165, 1.54) is 30.5 Å².